The number of aromatic hydroxyl groups is 3. The van der Waals surface area contributed by atoms with Gasteiger partial charge in [0.05, 0.1) is 5.41 Å². The van der Waals surface area contributed by atoms with E-state index in [2.05, 4.69) is 20.8 Å². The second-order valence-corrected chi connectivity index (χ2v) is 9.75. The first kappa shape index (κ1) is 24.1. The number of hydrogen-bond donors (Lipinski definition) is 4. The molecule has 0 aliphatic carbocycles. The molecule has 160 valence electrons. The highest BCUT2D eigenvalue weighted by atomic mass is 16.4. The summed E-state index contributed by atoms with van der Waals surface area (Å²) in [5, 5.41) is 39.3. The van der Waals surface area contributed by atoms with Crippen LogP contribution in [0.4, 0.5) is 0 Å². The van der Waals surface area contributed by atoms with Crippen LogP contribution < -0.4 is 0 Å². The minimum Gasteiger partial charge on any atom is -0.504 e. The maximum atomic E-state index is 11.2. The van der Waals surface area contributed by atoms with Gasteiger partial charge < -0.3 is 20.4 Å². The molecule has 0 fully saturated rings. The molecule has 0 unspecified atom stereocenters. The van der Waals surface area contributed by atoms with Crippen molar-refractivity contribution in [2.24, 2.45) is 10.8 Å². The van der Waals surface area contributed by atoms with E-state index in [4.69, 9.17) is 0 Å². The summed E-state index contributed by atoms with van der Waals surface area (Å²) < 4.78 is 0. The Labute approximate surface area is 169 Å². The lowest BCUT2D eigenvalue weighted by Gasteiger charge is -2.19. The minimum atomic E-state index is -0.779. The van der Waals surface area contributed by atoms with Crippen molar-refractivity contribution < 1.29 is 25.2 Å². The van der Waals surface area contributed by atoms with Crippen molar-refractivity contribution in [2.75, 3.05) is 0 Å². The molecule has 0 spiro atoms. The van der Waals surface area contributed by atoms with Gasteiger partial charge in [-0.3, -0.25) is 4.79 Å². The third-order valence-electron chi connectivity index (χ3n) is 5.38. The Kier molecular flexibility index (Phi) is 8.65. The fourth-order valence-electron chi connectivity index (χ4n) is 3.36. The van der Waals surface area contributed by atoms with Gasteiger partial charge in [-0.15, -0.1) is 0 Å². The Morgan fingerprint density at radius 2 is 1.39 bits per heavy atom. The van der Waals surface area contributed by atoms with E-state index in [0.717, 1.165) is 49.7 Å². The zero-order chi connectivity index (χ0) is 21.5. The molecule has 4 N–H and O–H groups in total. The molecule has 0 amide bonds. The van der Waals surface area contributed by atoms with Crippen molar-refractivity contribution in [2.45, 2.75) is 92.4 Å². The second-order valence-electron chi connectivity index (χ2n) is 9.75. The van der Waals surface area contributed by atoms with Gasteiger partial charge in [0.1, 0.15) is 0 Å². The van der Waals surface area contributed by atoms with Crippen molar-refractivity contribution in [1.29, 1.82) is 0 Å². The lowest BCUT2D eigenvalue weighted by Crippen LogP contribution is -2.23. The highest BCUT2D eigenvalue weighted by molar-refractivity contribution is 5.73. The van der Waals surface area contributed by atoms with Gasteiger partial charge in [-0.2, -0.15) is 0 Å². The van der Waals surface area contributed by atoms with E-state index in [9.17, 15) is 25.2 Å². The molecule has 0 bridgehead atoms. The summed E-state index contributed by atoms with van der Waals surface area (Å²) in [5.74, 6) is -1.73. The summed E-state index contributed by atoms with van der Waals surface area (Å²) in [7, 11) is 0. The Bertz CT molecular complexity index is 656. The molecule has 0 aromatic heterocycles. The predicted octanol–water partition coefficient (Wildman–Crippen LogP) is 5.78. The number of rotatable bonds is 11. The van der Waals surface area contributed by atoms with Gasteiger partial charge in [0, 0.05) is 5.56 Å². The smallest absolute Gasteiger partial charge is 0.309 e. The maximum absolute atomic E-state index is 11.2. The van der Waals surface area contributed by atoms with E-state index < -0.39 is 17.1 Å². The van der Waals surface area contributed by atoms with Crippen LogP contribution in [0.1, 0.15) is 90.7 Å². The summed E-state index contributed by atoms with van der Waals surface area (Å²) in [4.78, 5) is 11.2. The van der Waals surface area contributed by atoms with Gasteiger partial charge >= 0.3 is 5.97 Å². The molecule has 1 aromatic rings. The molecule has 1 aromatic carbocycles. The molecular weight excluding hydrogens is 356 g/mol. The fourth-order valence-corrected chi connectivity index (χ4v) is 3.36. The van der Waals surface area contributed by atoms with Gasteiger partial charge in [-0.1, -0.05) is 40.0 Å². The molecule has 0 atom stereocenters. The van der Waals surface area contributed by atoms with Crippen LogP contribution in [0, 0.1) is 10.8 Å². The number of aliphatic carboxylic acids is 1. The molecule has 0 aliphatic rings. The summed E-state index contributed by atoms with van der Waals surface area (Å²) in [6.45, 7) is 10.1. The first-order valence-corrected chi connectivity index (χ1v) is 10.3. The van der Waals surface area contributed by atoms with Crippen molar-refractivity contribution >= 4 is 5.97 Å². The van der Waals surface area contributed by atoms with E-state index in [-0.39, 0.29) is 16.9 Å². The first-order valence-electron chi connectivity index (χ1n) is 10.3. The summed E-state index contributed by atoms with van der Waals surface area (Å²) >= 11 is 0. The van der Waals surface area contributed by atoms with E-state index in [0.29, 0.717) is 19.3 Å². The lowest BCUT2D eigenvalue weighted by molar-refractivity contribution is -0.147. The molecule has 0 saturated carbocycles. The SMILES string of the molecule is CC(C)(C)CCCCc1c(CCCCCC(C)(C)C(=O)O)cc(O)c(O)c1O. The number of benzene rings is 1. The fraction of sp³-hybridized carbons (Fsp3) is 0.696. The number of carboxylic acids is 1. The molecule has 5 nitrogen and oxygen atoms in total. The van der Waals surface area contributed by atoms with Crippen molar-refractivity contribution in [3.63, 3.8) is 0 Å². The highest BCUT2D eigenvalue weighted by Gasteiger charge is 2.26. The van der Waals surface area contributed by atoms with Gasteiger partial charge in [-0.05, 0) is 69.4 Å². The van der Waals surface area contributed by atoms with Gasteiger partial charge in [0.15, 0.2) is 11.5 Å². The molecular formula is C23H38O5. The Morgan fingerprint density at radius 3 is 1.96 bits per heavy atom. The van der Waals surface area contributed by atoms with Crippen molar-refractivity contribution in [3.8, 4) is 17.2 Å². The molecule has 0 radical (unpaired) electrons. The normalized spacial score (nSPS) is 12.3. The number of hydrogen-bond acceptors (Lipinski definition) is 4. The number of aryl methyl sites for hydroxylation is 1. The van der Waals surface area contributed by atoms with Crippen LogP contribution in [0.3, 0.4) is 0 Å². The van der Waals surface area contributed by atoms with Crippen LogP contribution >= 0.6 is 0 Å². The van der Waals surface area contributed by atoms with E-state index >= 15 is 0 Å². The zero-order valence-electron chi connectivity index (χ0n) is 18.1. The molecule has 5 heteroatoms. The molecule has 1 rings (SSSR count). The minimum absolute atomic E-state index is 0.210. The summed E-state index contributed by atoms with van der Waals surface area (Å²) in [6, 6.07) is 1.55. The van der Waals surface area contributed by atoms with Crippen LogP contribution in [-0.2, 0) is 17.6 Å². The standard InChI is InChI=1S/C23H38O5/c1-22(2,3)13-10-8-12-17-16(15-18(24)20(26)19(17)25)11-7-6-9-14-23(4,5)21(27)28/h15,24-26H,6-14H2,1-5H3,(H,27,28). The second kappa shape index (κ2) is 10.0. The third kappa shape index (κ3) is 7.61. The number of carbonyl (C=O) groups is 1. The largest absolute Gasteiger partial charge is 0.504 e. The van der Waals surface area contributed by atoms with Gasteiger partial charge in [0.25, 0.3) is 0 Å². The first-order chi connectivity index (χ1) is 12.8. The van der Waals surface area contributed by atoms with Gasteiger partial charge in [-0.25, -0.2) is 0 Å². The predicted molar refractivity (Wildman–Crippen MR) is 112 cm³/mol. The monoisotopic (exact) mass is 394 g/mol. The summed E-state index contributed by atoms with van der Waals surface area (Å²) in [6.07, 6.45) is 7.54. The Hall–Kier alpha value is -1.91. The number of carboxylic acid groups (broad SMARTS) is 1. The van der Waals surface area contributed by atoms with Crippen molar-refractivity contribution in [1.82, 2.24) is 0 Å². The number of phenols is 3. The average molecular weight is 395 g/mol. The van der Waals surface area contributed by atoms with Gasteiger partial charge in [0.2, 0.25) is 5.75 Å². The highest BCUT2D eigenvalue weighted by Crippen LogP contribution is 2.41. The quantitative estimate of drug-likeness (QED) is 0.282. The zero-order valence-corrected chi connectivity index (χ0v) is 18.1. The van der Waals surface area contributed by atoms with Crippen LogP contribution in [-0.4, -0.2) is 26.4 Å². The Balaban J connectivity index is 2.67. The van der Waals surface area contributed by atoms with Crippen LogP contribution in [0.25, 0.3) is 0 Å². The lowest BCUT2D eigenvalue weighted by atomic mass is 9.86. The molecule has 0 saturated heterocycles. The van der Waals surface area contributed by atoms with Crippen LogP contribution in [0.2, 0.25) is 0 Å². The third-order valence-corrected chi connectivity index (χ3v) is 5.38. The topological polar surface area (TPSA) is 98.0 Å². The van der Waals surface area contributed by atoms with Crippen molar-refractivity contribution in [3.05, 3.63) is 17.2 Å². The average Bonchev–Trinajstić information content (AvgIpc) is 2.57. The van der Waals surface area contributed by atoms with E-state index in [1.165, 1.54) is 0 Å². The number of unbranched alkanes of at least 4 members (excludes halogenated alkanes) is 3. The summed E-state index contributed by atoms with van der Waals surface area (Å²) in [5.41, 5.74) is 1.13. The van der Waals surface area contributed by atoms with E-state index in [1.54, 1.807) is 19.9 Å². The van der Waals surface area contributed by atoms with Crippen LogP contribution in [0.15, 0.2) is 6.07 Å². The molecule has 0 heterocycles. The number of phenolic OH excluding ortho intramolecular Hbond substituents is 3. The molecule has 0 aliphatic heterocycles. The maximum Gasteiger partial charge on any atom is 0.309 e. The molecule has 28 heavy (non-hydrogen) atoms. The van der Waals surface area contributed by atoms with Crippen LogP contribution in [0.5, 0.6) is 17.2 Å². The van der Waals surface area contributed by atoms with E-state index in [1.807, 2.05) is 0 Å². The Morgan fingerprint density at radius 1 is 0.821 bits per heavy atom.